The molecular formula is C52H52N4O. The molecule has 2 aromatic heterocycles. The number of para-hydroxylation sites is 2. The third kappa shape index (κ3) is 5.34. The van der Waals surface area contributed by atoms with Gasteiger partial charge in [-0.25, -0.2) is 9.98 Å². The van der Waals surface area contributed by atoms with E-state index in [-0.39, 0.29) is 28.4 Å². The molecule has 4 heterocycles. The molecule has 5 aromatic carbocycles. The van der Waals surface area contributed by atoms with Crippen LogP contribution in [-0.4, -0.2) is 27.6 Å². The van der Waals surface area contributed by atoms with Gasteiger partial charge in [-0.05, 0) is 120 Å². The number of benzene rings is 5. The van der Waals surface area contributed by atoms with Crippen molar-refractivity contribution in [2.45, 2.75) is 104 Å². The first-order valence-electron chi connectivity index (χ1n) is 20.5. The van der Waals surface area contributed by atoms with Gasteiger partial charge < -0.3 is 9.64 Å². The van der Waals surface area contributed by atoms with Crippen molar-refractivity contribution < 1.29 is 4.74 Å². The summed E-state index contributed by atoms with van der Waals surface area (Å²) in [5, 5.41) is 2.46. The van der Waals surface area contributed by atoms with Gasteiger partial charge in [0.2, 0.25) is 5.90 Å². The van der Waals surface area contributed by atoms with Crippen molar-refractivity contribution in [1.29, 1.82) is 0 Å². The van der Waals surface area contributed by atoms with Crippen molar-refractivity contribution >= 4 is 44.8 Å². The molecule has 5 heteroatoms. The zero-order valence-corrected chi connectivity index (χ0v) is 35.0. The van der Waals surface area contributed by atoms with E-state index in [1.165, 1.54) is 66.7 Å². The van der Waals surface area contributed by atoms with Crippen molar-refractivity contribution in [1.82, 2.24) is 9.55 Å². The van der Waals surface area contributed by atoms with Crippen LogP contribution >= 0.6 is 0 Å². The SMILES string of the molecule is Cc1cc(C2=N[C@@H]3[C@H](Cc4cc(C)cc(C)c4C3(C)C)O2)cc(N2c3ccccc3C(C)(C)c3cc4c5ccccc5n(-c5cc(C(C)(C)C)ccn5)c4cc32)c1. The highest BCUT2D eigenvalue weighted by atomic mass is 16.5. The summed E-state index contributed by atoms with van der Waals surface area (Å²) in [4.78, 5) is 12.9. The summed E-state index contributed by atoms with van der Waals surface area (Å²) in [6.45, 7) is 22.9. The number of anilines is 3. The average Bonchev–Trinajstić information content (AvgIpc) is 3.73. The smallest absolute Gasteiger partial charge is 0.216 e. The van der Waals surface area contributed by atoms with Crippen LogP contribution in [0.15, 0.2) is 114 Å². The van der Waals surface area contributed by atoms with E-state index in [9.17, 15) is 0 Å². The van der Waals surface area contributed by atoms with E-state index in [2.05, 4.69) is 182 Å². The van der Waals surface area contributed by atoms with E-state index < -0.39 is 0 Å². The lowest BCUT2D eigenvalue weighted by Crippen LogP contribution is -2.46. The minimum atomic E-state index is -0.248. The van der Waals surface area contributed by atoms with Crippen LogP contribution in [0.4, 0.5) is 17.1 Å². The Labute approximate surface area is 337 Å². The molecule has 0 N–H and O–H groups in total. The van der Waals surface area contributed by atoms with E-state index in [1.807, 2.05) is 6.20 Å². The molecule has 2 atom stereocenters. The molecule has 0 saturated heterocycles. The van der Waals surface area contributed by atoms with Crippen LogP contribution in [-0.2, 0) is 27.4 Å². The monoisotopic (exact) mass is 748 g/mol. The highest BCUT2D eigenvalue weighted by Gasteiger charge is 2.48. The molecule has 7 aromatic rings. The fraction of sp³-hybridized carbons (Fsp3) is 0.308. The van der Waals surface area contributed by atoms with Crippen molar-refractivity contribution in [2.75, 3.05) is 4.90 Å². The number of pyridine rings is 1. The van der Waals surface area contributed by atoms with Gasteiger partial charge in [0.15, 0.2) is 0 Å². The third-order valence-corrected chi connectivity index (χ3v) is 13.2. The molecule has 0 bridgehead atoms. The molecule has 3 aliphatic rings. The maximum atomic E-state index is 6.90. The van der Waals surface area contributed by atoms with Gasteiger partial charge in [0.25, 0.3) is 0 Å². The number of nitrogens with zero attached hydrogens (tertiary/aromatic N) is 4. The predicted molar refractivity (Wildman–Crippen MR) is 237 cm³/mol. The Kier molecular flexibility index (Phi) is 7.62. The third-order valence-electron chi connectivity index (χ3n) is 13.2. The number of hydrogen-bond donors (Lipinski definition) is 0. The van der Waals surface area contributed by atoms with E-state index >= 15 is 0 Å². The second-order valence-corrected chi connectivity index (χ2v) is 19.0. The molecule has 0 spiro atoms. The van der Waals surface area contributed by atoms with Crippen molar-refractivity contribution in [3.63, 3.8) is 0 Å². The largest absolute Gasteiger partial charge is 0.471 e. The average molecular weight is 749 g/mol. The molecule has 1 aliphatic carbocycles. The topological polar surface area (TPSA) is 42.6 Å². The summed E-state index contributed by atoms with van der Waals surface area (Å²) in [5.41, 5.74) is 16.9. The molecule has 57 heavy (non-hydrogen) atoms. The molecule has 0 amide bonds. The van der Waals surface area contributed by atoms with Gasteiger partial charge in [0, 0.05) is 45.5 Å². The van der Waals surface area contributed by atoms with Gasteiger partial charge >= 0.3 is 0 Å². The fourth-order valence-corrected chi connectivity index (χ4v) is 10.6. The van der Waals surface area contributed by atoms with Crippen LogP contribution in [0, 0.1) is 20.8 Å². The van der Waals surface area contributed by atoms with Gasteiger partial charge in [-0.2, -0.15) is 0 Å². The Balaban J connectivity index is 1.17. The summed E-state index contributed by atoms with van der Waals surface area (Å²) >= 11 is 0. The Morgan fingerprint density at radius 3 is 2.28 bits per heavy atom. The molecule has 286 valence electrons. The molecule has 10 rings (SSSR count). The van der Waals surface area contributed by atoms with E-state index in [4.69, 9.17) is 14.7 Å². The summed E-state index contributed by atoms with van der Waals surface area (Å²) in [6.07, 6.45) is 2.84. The summed E-state index contributed by atoms with van der Waals surface area (Å²) in [6, 6.07) is 38.5. The minimum absolute atomic E-state index is 0.00509. The molecule has 2 aliphatic heterocycles. The summed E-state index contributed by atoms with van der Waals surface area (Å²) < 4.78 is 9.26. The summed E-state index contributed by atoms with van der Waals surface area (Å²) in [5.74, 6) is 1.68. The van der Waals surface area contributed by atoms with Crippen LogP contribution in [0.1, 0.15) is 98.5 Å². The first-order chi connectivity index (χ1) is 27.1. The first-order valence-corrected chi connectivity index (χ1v) is 20.5. The fourth-order valence-electron chi connectivity index (χ4n) is 10.6. The lowest BCUT2D eigenvalue weighted by molar-refractivity contribution is 0.147. The lowest BCUT2D eigenvalue weighted by Gasteiger charge is -2.42. The first kappa shape index (κ1) is 35.7. The van der Waals surface area contributed by atoms with Crippen LogP contribution < -0.4 is 4.90 Å². The van der Waals surface area contributed by atoms with Crippen molar-refractivity contribution in [3.8, 4) is 5.82 Å². The molecule has 5 nitrogen and oxygen atoms in total. The maximum absolute atomic E-state index is 6.90. The number of rotatable bonds is 3. The van der Waals surface area contributed by atoms with Gasteiger partial charge in [-0.15, -0.1) is 0 Å². The zero-order chi connectivity index (χ0) is 39.8. The summed E-state index contributed by atoms with van der Waals surface area (Å²) in [7, 11) is 0. The molecule has 0 unspecified atom stereocenters. The quantitative estimate of drug-likeness (QED) is 0.181. The zero-order valence-electron chi connectivity index (χ0n) is 35.0. The second-order valence-electron chi connectivity index (χ2n) is 19.0. The highest BCUT2D eigenvalue weighted by Crippen LogP contribution is 2.54. The second kappa shape index (κ2) is 12.2. The Morgan fingerprint density at radius 1 is 0.719 bits per heavy atom. The highest BCUT2D eigenvalue weighted by molar-refractivity contribution is 6.11. The number of fused-ring (bicyclic) bond motifs is 7. The molecular weight excluding hydrogens is 697 g/mol. The Morgan fingerprint density at radius 2 is 1.47 bits per heavy atom. The Bertz CT molecular complexity index is 2850. The van der Waals surface area contributed by atoms with E-state index in [0.29, 0.717) is 0 Å². The van der Waals surface area contributed by atoms with Crippen LogP contribution in [0.3, 0.4) is 0 Å². The van der Waals surface area contributed by atoms with E-state index in [0.717, 1.165) is 40.4 Å². The number of aryl methyl sites for hydroxylation is 3. The van der Waals surface area contributed by atoms with Gasteiger partial charge in [0.1, 0.15) is 18.0 Å². The standard InChI is InChI=1S/C52H52N4O/c1-30-21-32(3)47-33(22-30)26-45-48(52(47,9)10)54-49(57-45)34-23-31(2)24-36(25-34)55-42-18-14-12-16-39(42)51(7,8)40-28-38-37-15-11-13-17-41(37)56(43(38)29-44(40)55)46-27-35(19-20-53-46)50(4,5)6/h11-25,27-29,45,48H,26H2,1-10H3/t45-,48+/m0/s1. The Hall–Kier alpha value is -5.68. The number of aromatic nitrogens is 2. The predicted octanol–water partition coefficient (Wildman–Crippen LogP) is 12.6. The molecule has 0 fully saturated rings. The van der Waals surface area contributed by atoms with Crippen LogP contribution in [0.2, 0.25) is 0 Å². The molecule has 0 saturated carbocycles. The van der Waals surface area contributed by atoms with Gasteiger partial charge in [-0.3, -0.25) is 4.57 Å². The van der Waals surface area contributed by atoms with Crippen LogP contribution in [0.25, 0.3) is 27.6 Å². The van der Waals surface area contributed by atoms with E-state index in [1.54, 1.807) is 0 Å². The minimum Gasteiger partial charge on any atom is -0.471 e. The number of hydrogen-bond acceptors (Lipinski definition) is 4. The van der Waals surface area contributed by atoms with Gasteiger partial charge in [0.05, 0.1) is 22.4 Å². The van der Waals surface area contributed by atoms with Gasteiger partial charge in [-0.1, -0.05) is 103 Å². The normalized spacial score (nSPS) is 19.1. The molecule has 0 radical (unpaired) electrons. The number of aliphatic imine (C=N–C) groups is 1. The van der Waals surface area contributed by atoms with Crippen molar-refractivity contribution in [3.05, 3.63) is 159 Å². The lowest BCUT2D eigenvalue weighted by atomic mass is 9.66. The van der Waals surface area contributed by atoms with Crippen molar-refractivity contribution in [2.24, 2.45) is 4.99 Å². The number of ether oxygens (including phenoxy) is 1. The van der Waals surface area contributed by atoms with Crippen LogP contribution in [0.5, 0.6) is 0 Å². The maximum Gasteiger partial charge on any atom is 0.216 e.